The maximum Gasteiger partial charge on any atom is 0.317 e. The number of hydrogen-bond donors (Lipinski definition) is 3. The van der Waals surface area contributed by atoms with E-state index in [9.17, 15) is 9.90 Å². The maximum atomic E-state index is 11.4. The van der Waals surface area contributed by atoms with Crippen molar-refractivity contribution < 1.29 is 14.6 Å². The van der Waals surface area contributed by atoms with Crippen molar-refractivity contribution in [2.45, 2.75) is 31.9 Å². The first-order chi connectivity index (χ1) is 13.2. The van der Waals surface area contributed by atoms with Gasteiger partial charge in [-0.05, 0) is 43.6 Å². The smallest absolute Gasteiger partial charge is 0.317 e. The largest absolute Gasteiger partial charge is 0.491 e. The first-order valence-corrected chi connectivity index (χ1v) is 10.1. The van der Waals surface area contributed by atoms with Gasteiger partial charge in [0.1, 0.15) is 18.5 Å². The van der Waals surface area contributed by atoms with Crippen molar-refractivity contribution in [1.29, 1.82) is 0 Å². The number of likely N-dealkylation sites (tertiary alicyclic amines) is 1. The molecular formula is C20H32N4O3. The van der Waals surface area contributed by atoms with Gasteiger partial charge < -0.3 is 30.3 Å². The number of aliphatic hydroxyl groups is 1. The zero-order valence-electron chi connectivity index (χ0n) is 16.0. The Hall–Kier alpha value is -1.83. The van der Waals surface area contributed by atoms with Crippen molar-refractivity contribution in [3.63, 3.8) is 0 Å². The summed E-state index contributed by atoms with van der Waals surface area (Å²) < 4.78 is 5.72. The van der Waals surface area contributed by atoms with Crippen LogP contribution in [0.5, 0.6) is 5.75 Å². The van der Waals surface area contributed by atoms with Gasteiger partial charge in [-0.25, -0.2) is 4.79 Å². The zero-order chi connectivity index (χ0) is 18.9. The number of benzene rings is 1. The average Bonchev–Trinajstić information content (AvgIpc) is 3.10. The van der Waals surface area contributed by atoms with Crippen molar-refractivity contribution in [1.82, 2.24) is 20.4 Å². The number of aliphatic hydroxyl groups excluding tert-OH is 1. The molecule has 3 N–H and O–H groups in total. The van der Waals surface area contributed by atoms with Crippen LogP contribution >= 0.6 is 0 Å². The molecule has 2 saturated heterocycles. The molecular weight excluding hydrogens is 344 g/mol. The van der Waals surface area contributed by atoms with Crippen molar-refractivity contribution in [3.05, 3.63) is 29.8 Å². The molecule has 0 unspecified atom stereocenters. The number of hydrogen-bond acceptors (Lipinski definition) is 5. The normalized spacial score (nSPS) is 19.1. The lowest BCUT2D eigenvalue weighted by molar-refractivity contribution is 0.0617. The van der Waals surface area contributed by atoms with Gasteiger partial charge in [0.15, 0.2) is 0 Å². The Morgan fingerprint density at radius 1 is 1.15 bits per heavy atom. The van der Waals surface area contributed by atoms with Crippen LogP contribution in [0.2, 0.25) is 0 Å². The van der Waals surface area contributed by atoms with Gasteiger partial charge in [0.05, 0.1) is 0 Å². The monoisotopic (exact) mass is 376 g/mol. The fraction of sp³-hybridized carbons (Fsp3) is 0.650. The molecule has 2 aliphatic rings. The SMILES string of the molecule is O=C1NCCN1CCNCc1ccc(OC[C@H](O)CN2CCCCC2)cc1. The van der Waals surface area contributed by atoms with E-state index in [0.29, 0.717) is 13.2 Å². The summed E-state index contributed by atoms with van der Waals surface area (Å²) in [4.78, 5) is 15.6. The molecule has 0 aromatic heterocycles. The number of piperidine rings is 1. The van der Waals surface area contributed by atoms with Crippen LogP contribution in [0.25, 0.3) is 0 Å². The topological polar surface area (TPSA) is 77.1 Å². The highest BCUT2D eigenvalue weighted by Gasteiger charge is 2.18. The molecule has 1 atom stereocenters. The number of rotatable bonds is 10. The minimum Gasteiger partial charge on any atom is -0.491 e. The van der Waals surface area contributed by atoms with Crippen molar-refractivity contribution >= 4 is 6.03 Å². The minimum atomic E-state index is -0.452. The predicted molar refractivity (Wildman–Crippen MR) is 105 cm³/mol. The highest BCUT2D eigenvalue weighted by atomic mass is 16.5. The van der Waals surface area contributed by atoms with Crippen LogP contribution in [0.3, 0.4) is 0 Å². The standard InChI is InChI=1S/C20H32N4O3/c25-18(15-23-10-2-1-3-11-23)16-27-19-6-4-17(5-7-19)14-21-8-12-24-13-9-22-20(24)26/h4-7,18,21,25H,1-3,8-16H2,(H,22,26)/t18-/m1/s1. The van der Waals surface area contributed by atoms with Gasteiger partial charge in [-0.2, -0.15) is 0 Å². The van der Waals surface area contributed by atoms with E-state index in [1.165, 1.54) is 24.8 Å². The number of carbonyl (C=O) groups excluding carboxylic acids is 1. The second-order valence-corrected chi connectivity index (χ2v) is 7.37. The molecule has 0 radical (unpaired) electrons. The van der Waals surface area contributed by atoms with Gasteiger partial charge in [-0.1, -0.05) is 18.6 Å². The molecule has 3 rings (SSSR count). The fourth-order valence-corrected chi connectivity index (χ4v) is 3.56. The molecule has 2 amide bonds. The first-order valence-electron chi connectivity index (χ1n) is 10.1. The summed E-state index contributed by atoms with van der Waals surface area (Å²) in [5, 5.41) is 16.3. The third-order valence-corrected chi connectivity index (χ3v) is 5.12. The number of amides is 2. The van der Waals surface area contributed by atoms with Gasteiger partial charge in [-0.3, -0.25) is 0 Å². The third-order valence-electron chi connectivity index (χ3n) is 5.12. The molecule has 0 saturated carbocycles. The van der Waals surface area contributed by atoms with E-state index in [0.717, 1.165) is 51.6 Å². The molecule has 2 fully saturated rings. The molecule has 2 heterocycles. The van der Waals surface area contributed by atoms with Crippen LogP contribution in [0.4, 0.5) is 4.79 Å². The van der Waals surface area contributed by atoms with Crippen molar-refractivity contribution in [2.75, 3.05) is 52.4 Å². The van der Waals surface area contributed by atoms with E-state index in [4.69, 9.17) is 4.74 Å². The summed E-state index contributed by atoms with van der Waals surface area (Å²) in [7, 11) is 0. The number of nitrogens with zero attached hydrogens (tertiary/aromatic N) is 2. The van der Waals surface area contributed by atoms with Crippen LogP contribution < -0.4 is 15.4 Å². The Balaban J connectivity index is 1.30. The minimum absolute atomic E-state index is 0.0285. The summed E-state index contributed by atoms with van der Waals surface area (Å²) in [6, 6.07) is 7.97. The lowest BCUT2D eigenvalue weighted by Gasteiger charge is -2.28. The third kappa shape index (κ3) is 6.68. The summed E-state index contributed by atoms with van der Waals surface area (Å²) in [5.74, 6) is 0.783. The highest BCUT2D eigenvalue weighted by molar-refractivity contribution is 5.76. The van der Waals surface area contributed by atoms with E-state index in [-0.39, 0.29) is 6.03 Å². The van der Waals surface area contributed by atoms with Crippen LogP contribution in [0.15, 0.2) is 24.3 Å². The number of nitrogens with one attached hydrogen (secondary N) is 2. The summed E-state index contributed by atoms with van der Waals surface area (Å²) >= 11 is 0. The van der Waals surface area contributed by atoms with Crippen LogP contribution in [0, 0.1) is 0 Å². The predicted octanol–water partition coefficient (Wildman–Crippen LogP) is 1.03. The van der Waals surface area contributed by atoms with E-state index in [1.54, 1.807) is 0 Å². The Kier molecular flexibility index (Phi) is 7.74. The van der Waals surface area contributed by atoms with Gasteiger partial charge in [0, 0.05) is 39.3 Å². The fourth-order valence-electron chi connectivity index (χ4n) is 3.56. The lowest BCUT2D eigenvalue weighted by Crippen LogP contribution is -2.38. The van der Waals surface area contributed by atoms with Crippen LogP contribution in [-0.4, -0.2) is 79.5 Å². The Morgan fingerprint density at radius 2 is 1.93 bits per heavy atom. The number of ether oxygens (including phenoxy) is 1. The number of β-amino-alcohol motifs (C(OH)–C–C–N with tert-alkyl or cyclic N) is 1. The molecule has 27 heavy (non-hydrogen) atoms. The quantitative estimate of drug-likeness (QED) is 0.532. The second-order valence-electron chi connectivity index (χ2n) is 7.37. The maximum absolute atomic E-state index is 11.4. The Morgan fingerprint density at radius 3 is 2.63 bits per heavy atom. The van der Waals surface area contributed by atoms with E-state index >= 15 is 0 Å². The zero-order valence-corrected chi connectivity index (χ0v) is 16.0. The average molecular weight is 377 g/mol. The molecule has 7 nitrogen and oxygen atoms in total. The van der Waals surface area contributed by atoms with Gasteiger partial charge >= 0.3 is 6.03 Å². The summed E-state index contributed by atoms with van der Waals surface area (Å²) in [6.45, 7) is 6.97. The molecule has 0 bridgehead atoms. The molecule has 150 valence electrons. The van der Waals surface area contributed by atoms with E-state index in [1.807, 2.05) is 29.2 Å². The Labute approximate surface area is 161 Å². The number of carbonyl (C=O) groups is 1. The first kappa shape index (κ1) is 19.9. The van der Waals surface area contributed by atoms with Gasteiger partial charge in [-0.15, -0.1) is 0 Å². The molecule has 7 heteroatoms. The van der Waals surface area contributed by atoms with Crippen LogP contribution in [-0.2, 0) is 6.54 Å². The van der Waals surface area contributed by atoms with Gasteiger partial charge in [0.2, 0.25) is 0 Å². The Bertz CT molecular complexity index is 575. The van der Waals surface area contributed by atoms with Crippen LogP contribution in [0.1, 0.15) is 24.8 Å². The summed E-state index contributed by atoms with van der Waals surface area (Å²) in [6.07, 6.45) is 3.31. The summed E-state index contributed by atoms with van der Waals surface area (Å²) in [5.41, 5.74) is 1.17. The highest BCUT2D eigenvalue weighted by Crippen LogP contribution is 2.13. The molecule has 0 aliphatic carbocycles. The number of urea groups is 1. The van der Waals surface area contributed by atoms with E-state index < -0.39 is 6.10 Å². The second kappa shape index (κ2) is 10.5. The molecule has 1 aromatic rings. The van der Waals surface area contributed by atoms with E-state index in [2.05, 4.69) is 15.5 Å². The lowest BCUT2D eigenvalue weighted by atomic mass is 10.1. The molecule has 2 aliphatic heterocycles. The molecule has 0 spiro atoms. The van der Waals surface area contributed by atoms with Crippen molar-refractivity contribution in [2.24, 2.45) is 0 Å². The molecule has 1 aromatic carbocycles. The van der Waals surface area contributed by atoms with Crippen molar-refractivity contribution in [3.8, 4) is 5.75 Å². The van der Waals surface area contributed by atoms with Gasteiger partial charge in [0.25, 0.3) is 0 Å².